The Morgan fingerprint density at radius 1 is 1.22 bits per heavy atom. The van der Waals surface area contributed by atoms with Crippen LogP contribution in [0.2, 0.25) is 0 Å². The van der Waals surface area contributed by atoms with Gasteiger partial charge in [-0.05, 0) is 70.6 Å². The fraction of sp³-hybridized carbons (Fsp3) is 0.161. The molecule has 6 rings (SSSR count). The molecule has 0 amide bonds. The molecule has 0 fully saturated rings. The topological polar surface area (TPSA) is 143 Å². The van der Waals surface area contributed by atoms with Crippen molar-refractivity contribution in [3.8, 4) is 6.07 Å². The maximum absolute atomic E-state index is 17.4. The number of nitrogens with zero attached hydrogens (tertiary/aromatic N) is 5. The van der Waals surface area contributed by atoms with Crippen LogP contribution >= 0.6 is 28.3 Å². The summed E-state index contributed by atoms with van der Waals surface area (Å²) in [4.78, 5) is 41.7. The summed E-state index contributed by atoms with van der Waals surface area (Å²) in [7, 11) is -3.44. The number of carbonyl (C=O) groups is 1. The van der Waals surface area contributed by atoms with Crippen LogP contribution in [0.5, 0.6) is 0 Å². The predicted molar refractivity (Wildman–Crippen MR) is 173 cm³/mol. The van der Waals surface area contributed by atoms with Crippen molar-refractivity contribution in [3.05, 3.63) is 113 Å². The zero-order chi connectivity index (χ0) is 32.7. The number of rotatable bonds is 9. The Hall–Kier alpha value is -4.09. The molecule has 3 atom stereocenters. The number of benzene rings is 3. The van der Waals surface area contributed by atoms with E-state index in [-0.39, 0.29) is 22.0 Å². The van der Waals surface area contributed by atoms with Crippen LogP contribution in [0.4, 0.5) is 8.28 Å². The lowest BCUT2D eigenvalue weighted by Gasteiger charge is -2.48. The molecular formula is C31H26F2N5O5PS2. The molecule has 46 heavy (non-hydrogen) atoms. The van der Waals surface area contributed by atoms with E-state index < -0.39 is 47.1 Å². The van der Waals surface area contributed by atoms with Crippen LogP contribution in [0.3, 0.4) is 0 Å². The van der Waals surface area contributed by atoms with Crippen molar-refractivity contribution in [2.24, 2.45) is 10.9 Å². The van der Waals surface area contributed by atoms with Gasteiger partial charge in [-0.3, -0.25) is 0 Å². The minimum atomic E-state index is -3.46. The van der Waals surface area contributed by atoms with Crippen LogP contribution in [-0.4, -0.2) is 48.7 Å². The van der Waals surface area contributed by atoms with Gasteiger partial charge in [0.2, 0.25) is 0 Å². The van der Waals surface area contributed by atoms with Crippen LogP contribution < -0.4 is 0 Å². The van der Waals surface area contributed by atoms with Crippen LogP contribution in [0.25, 0.3) is 5.70 Å². The molecule has 10 nitrogen and oxygen atoms in total. The van der Waals surface area contributed by atoms with Gasteiger partial charge in [-0.1, -0.05) is 31.2 Å². The van der Waals surface area contributed by atoms with E-state index in [1.807, 2.05) is 0 Å². The lowest BCUT2D eigenvalue weighted by Crippen LogP contribution is -2.49. The first-order chi connectivity index (χ1) is 21.9. The maximum Gasteiger partial charge on any atom is 0.340 e. The molecule has 2 unspecified atom stereocenters. The monoisotopic (exact) mass is 681 g/mol. The molecule has 0 saturated heterocycles. The largest absolute Gasteiger partial charge is 0.435 e. The molecular weight excluding hydrogens is 655 g/mol. The van der Waals surface area contributed by atoms with Crippen molar-refractivity contribution in [1.82, 2.24) is 14.8 Å². The Morgan fingerprint density at radius 3 is 2.70 bits per heavy atom. The highest BCUT2D eigenvalue weighted by molar-refractivity contribution is 8.57. The molecule has 0 aliphatic carbocycles. The van der Waals surface area contributed by atoms with Gasteiger partial charge in [-0.25, -0.2) is 23.8 Å². The summed E-state index contributed by atoms with van der Waals surface area (Å²) in [6, 6.07) is 18.6. The predicted octanol–water partition coefficient (Wildman–Crippen LogP) is 6.40. The number of aliphatic imine (C=N–C) groups is 1. The van der Waals surface area contributed by atoms with E-state index in [1.54, 1.807) is 43.3 Å². The summed E-state index contributed by atoms with van der Waals surface area (Å²) in [5, 5.41) is 15.0. The number of ether oxygens (including phenoxy) is 2. The SMILES string of the molecule is C=P(O)(O)Sc1cccc(C(=O)OCO[C@@]2(Cn3cncn3)c3ccc(F)cc3S3(F)C=C(c4ccc(C#N)cc4)N=C3C2C)c1. The van der Waals surface area contributed by atoms with Crippen molar-refractivity contribution in [3.63, 3.8) is 0 Å². The second kappa shape index (κ2) is 12.3. The smallest absolute Gasteiger partial charge is 0.340 e. The zero-order valence-corrected chi connectivity index (χ0v) is 26.7. The number of nitriles is 1. The van der Waals surface area contributed by atoms with Gasteiger partial charge in [0.25, 0.3) is 0 Å². The fourth-order valence-corrected chi connectivity index (χ4v) is 10.2. The number of aromatic nitrogens is 3. The molecule has 0 spiro atoms. The minimum Gasteiger partial charge on any atom is -0.435 e. The second-order valence-electron chi connectivity index (χ2n) is 10.5. The Labute approximate surface area is 268 Å². The average Bonchev–Trinajstić information content (AvgIpc) is 3.67. The molecule has 2 N–H and O–H groups in total. The first kappa shape index (κ1) is 31.9. The van der Waals surface area contributed by atoms with E-state index in [0.29, 0.717) is 27.3 Å². The first-order valence-corrected chi connectivity index (χ1v) is 18.6. The molecule has 2 aliphatic rings. The van der Waals surface area contributed by atoms with E-state index in [1.165, 1.54) is 47.0 Å². The van der Waals surface area contributed by atoms with Crippen molar-refractivity contribution >= 4 is 51.3 Å². The Morgan fingerprint density at radius 2 is 2.00 bits per heavy atom. The number of halogens is 2. The van der Waals surface area contributed by atoms with Gasteiger partial charge in [-0.15, -0.1) is 0 Å². The van der Waals surface area contributed by atoms with Gasteiger partial charge in [0, 0.05) is 32.2 Å². The van der Waals surface area contributed by atoms with Gasteiger partial charge in [0.15, 0.2) is 13.3 Å². The number of esters is 1. The molecule has 0 radical (unpaired) electrons. The molecule has 15 heteroatoms. The Balaban J connectivity index is 1.37. The molecule has 3 heterocycles. The second-order valence-corrected chi connectivity index (χ2v) is 17.1. The first-order valence-electron chi connectivity index (χ1n) is 13.7. The Bertz CT molecular complexity index is 1980. The molecule has 3 aromatic carbocycles. The Kier molecular flexibility index (Phi) is 8.49. The van der Waals surface area contributed by atoms with Gasteiger partial charge in [-0.2, -0.15) is 14.2 Å². The zero-order valence-electron chi connectivity index (χ0n) is 24.2. The van der Waals surface area contributed by atoms with Gasteiger partial charge in [0.05, 0.1) is 34.5 Å². The van der Waals surface area contributed by atoms with E-state index in [4.69, 9.17) is 14.5 Å². The fourth-order valence-electron chi connectivity index (χ4n) is 5.47. The normalized spacial score (nSPS) is 23.3. The molecule has 4 aromatic rings. The highest BCUT2D eigenvalue weighted by Crippen LogP contribution is 2.72. The highest BCUT2D eigenvalue weighted by Gasteiger charge is 2.56. The third-order valence-corrected chi connectivity index (χ3v) is 12.4. The summed E-state index contributed by atoms with van der Waals surface area (Å²) in [5.41, 5.74) is 0.426. The lowest BCUT2D eigenvalue weighted by atomic mass is 9.81. The van der Waals surface area contributed by atoms with Crippen LogP contribution in [0, 0.1) is 23.1 Å². The molecule has 236 valence electrons. The van der Waals surface area contributed by atoms with Gasteiger partial charge in [0.1, 0.15) is 24.1 Å². The van der Waals surface area contributed by atoms with E-state index in [9.17, 15) is 24.2 Å². The summed E-state index contributed by atoms with van der Waals surface area (Å²) in [5.74, 6) is -2.15. The number of fused-ring (bicyclic) bond motifs is 3. The summed E-state index contributed by atoms with van der Waals surface area (Å²) in [6.07, 6.45) is 6.13. The van der Waals surface area contributed by atoms with E-state index in [2.05, 4.69) is 22.5 Å². The average molecular weight is 682 g/mol. The third-order valence-electron chi connectivity index (χ3n) is 7.60. The minimum absolute atomic E-state index is 0.000497. The number of hydrogen-bond donors (Lipinski definition) is 2. The summed E-state index contributed by atoms with van der Waals surface area (Å²) < 4.78 is 45.6. The standard InChI is InChI=1S/C31H26F2N5O5PS2/c1-20-29-37-27(22-8-6-21(14-34)7-9-22)15-46(29,33)28-13-24(32)10-11-26(28)31(20,16-38-18-35-17-36-38)43-19-42-30(39)23-4-3-5-25(12-23)45-44(2,40)41/h3-13,15,17-18,20,40-41H,2,16,19H2,1H3/t20?,31-/m1/s1. The van der Waals surface area contributed by atoms with Crippen LogP contribution in [0.15, 0.2) is 99.6 Å². The van der Waals surface area contributed by atoms with Gasteiger partial charge < -0.3 is 19.3 Å². The molecule has 2 aliphatic heterocycles. The van der Waals surface area contributed by atoms with Crippen molar-refractivity contribution < 1.29 is 32.3 Å². The van der Waals surface area contributed by atoms with Crippen molar-refractivity contribution in [2.75, 3.05) is 6.79 Å². The van der Waals surface area contributed by atoms with Crippen LogP contribution in [0.1, 0.15) is 34.0 Å². The van der Waals surface area contributed by atoms with Crippen LogP contribution in [-0.2, 0) is 21.6 Å². The lowest BCUT2D eigenvalue weighted by molar-refractivity contribution is -0.150. The van der Waals surface area contributed by atoms with Crippen molar-refractivity contribution in [2.45, 2.75) is 28.9 Å². The molecule has 1 aromatic heterocycles. The maximum atomic E-state index is 17.4. The summed E-state index contributed by atoms with van der Waals surface area (Å²) >= 11 is 0.743. The van der Waals surface area contributed by atoms with Crippen molar-refractivity contribution in [1.29, 1.82) is 5.26 Å². The third kappa shape index (κ3) is 6.05. The quantitative estimate of drug-likeness (QED) is 0.117. The number of carbonyl (C=O) groups excluding carboxylic acids is 1. The summed E-state index contributed by atoms with van der Waals surface area (Å²) in [6.45, 7) is -2.28. The van der Waals surface area contributed by atoms with E-state index >= 15 is 3.89 Å². The van der Waals surface area contributed by atoms with E-state index in [0.717, 1.165) is 17.4 Å². The molecule has 0 bridgehead atoms. The number of hydrogen-bond acceptors (Lipinski definition) is 10. The van der Waals surface area contributed by atoms with Gasteiger partial charge >= 0.3 is 5.97 Å². The molecule has 0 saturated carbocycles. The highest BCUT2D eigenvalue weighted by atomic mass is 32.7.